The summed E-state index contributed by atoms with van der Waals surface area (Å²) in [6.45, 7) is 0.369. The molecule has 0 bridgehead atoms. The Labute approximate surface area is 163 Å². The third kappa shape index (κ3) is 5.03. The lowest BCUT2D eigenvalue weighted by atomic mass is 9.80. The van der Waals surface area contributed by atoms with Gasteiger partial charge in [0.15, 0.2) is 0 Å². The van der Waals surface area contributed by atoms with Crippen molar-refractivity contribution < 1.29 is 27.5 Å². The zero-order valence-electron chi connectivity index (χ0n) is 14.8. The molecule has 0 unspecified atom stereocenters. The van der Waals surface area contributed by atoms with Gasteiger partial charge in [-0.15, -0.1) is 13.2 Å². The van der Waals surface area contributed by atoms with Crippen LogP contribution < -0.4 is 15.4 Å². The minimum absolute atomic E-state index is 0.146. The van der Waals surface area contributed by atoms with Crippen LogP contribution in [-0.2, 0) is 15.0 Å². The van der Waals surface area contributed by atoms with Gasteiger partial charge in [0.25, 0.3) is 0 Å². The predicted molar refractivity (Wildman–Crippen MR) is 99.2 cm³/mol. The van der Waals surface area contributed by atoms with Crippen LogP contribution in [0.4, 0.5) is 18.9 Å². The molecular weight excluding hydrogens is 393 g/mol. The van der Waals surface area contributed by atoms with Crippen LogP contribution in [0.1, 0.15) is 31.2 Å². The SMILES string of the molecule is O=C(NCC1(c2ccsc2)CCCC1)C(=O)Nc1ccc(OC(F)(F)F)cc1. The summed E-state index contributed by atoms with van der Waals surface area (Å²) in [5.41, 5.74) is 1.23. The van der Waals surface area contributed by atoms with Crippen molar-refractivity contribution in [1.82, 2.24) is 5.32 Å². The van der Waals surface area contributed by atoms with Crippen LogP contribution in [-0.4, -0.2) is 24.7 Å². The predicted octanol–water partition coefficient (Wildman–Crippen LogP) is 4.21. The molecule has 0 saturated heterocycles. The molecule has 9 heteroatoms. The summed E-state index contributed by atoms with van der Waals surface area (Å²) >= 11 is 1.60. The first-order chi connectivity index (χ1) is 13.3. The standard InChI is InChI=1S/C19H19F3N2O3S/c20-19(21,22)27-15-5-3-14(4-6-15)24-17(26)16(25)23-12-18(8-1-2-9-18)13-7-10-28-11-13/h3-7,10-11H,1-2,8-9,12H2,(H,23,25)(H,24,26). The molecule has 2 amide bonds. The van der Waals surface area contributed by atoms with Crippen molar-refractivity contribution in [3.63, 3.8) is 0 Å². The van der Waals surface area contributed by atoms with Crippen LogP contribution in [0.25, 0.3) is 0 Å². The zero-order chi connectivity index (χ0) is 20.2. The molecule has 0 atom stereocenters. The van der Waals surface area contributed by atoms with Gasteiger partial charge in [0.2, 0.25) is 0 Å². The summed E-state index contributed by atoms with van der Waals surface area (Å²) in [4.78, 5) is 24.3. The second kappa shape index (κ2) is 8.22. The number of ether oxygens (including phenoxy) is 1. The Morgan fingerprint density at radius 2 is 1.75 bits per heavy atom. The number of thiophene rings is 1. The molecule has 1 aromatic carbocycles. The lowest BCUT2D eigenvalue weighted by molar-refractivity contribution is -0.274. The molecule has 1 fully saturated rings. The first kappa shape index (κ1) is 20.2. The van der Waals surface area contributed by atoms with Crippen LogP contribution in [0, 0.1) is 0 Å². The maximum atomic E-state index is 12.2. The second-order valence-corrected chi connectivity index (χ2v) is 7.49. The Hall–Kier alpha value is -2.55. The first-order valence-electron chi connectivity index (χ1n) is 8.75. The molecule has 1 heterocycles. The van der Waals surface area contributed by atoms with E-state index in [0.29, 0.717) is 6.54 Å². The second-order valence-electron chi connectivity index (χ2n) is 6.71. The number of benzene rings is 1. The fourth-order valence-electron chi connectivity index (χ4n) is 3.44. The molecule has 2 N–H and O–H groups in total. The van der Waals surface area contributed by atoms with Crippen molar-refractivity contribution in [2.24, 2.45) is 0 Å². The van der Waals surface area contributed by atoms with Gasteiger partial charge in [-0.3, -0.25) is 9.59 Å². The van der Waals surface area contributed by atoms with Crippen LogP contribution >= 0.6 is 11.3 Å². The lowest BCUT2D eigenvalue weighted by Gasteiger charge is -2.28. The van der Waals surface area contributed by atoms with Crippen LogP contribution in [0.5, 0.6) is 5.75 Å². The number of rotatable bonds is 5. The highest BCUT2D eigenvalue weighted by atomic mass is 32.1. The maximum Gasteiger partial charge on any atom is 0.573 e. The van der Waals surface area contributed by atoms with E-state index in [1.165, 1.54) is 17.7 Å². The Balaban J connectivity index is 1.55. The number of halogens is 3. The van der Waals surface area contributed by atoms with Gasteiger partial charge < -0.3 is 15.4 Å². The molecular formula is C19H19F3N2O3S. The highest BCUT2D eigenvalue weighted by Gasteiger charge is 2.36. The fourth-order valence-corrected chi connectivity index (χ4v) is 4.22. The lowest BCUT2D eigenvalue weighted by Crippen LogP contribution is -2.43. The number of amides is 2. The number of carbonyl (C=O) groups is 2. The number of nitrogens with one attached hydrogen (secondary N) is 2. The summed E-state index contributed by atoms with van der Waals surface area (Å²) in [6, 6.07) is 6.63. The number of hydrogen-bond acceptors (Lipinski definition) is 4. The monoisotopic (exact) mass is 412 g/mol. The maximum absolute atomic E-state index is 12.2. The fraction of sp³-hybridized carbons (Fsp3) is 0.368. The van der Waals surface area contributed by atoms with E-state index in [4.69, 9.17) is 0 Å². The molecule has 1 aromatic heterocycles. The summed E-state index contributed by atoms with van der Waals surface area (Å²) < 4.78 is 40.2. The Morgan fingerprint density at radius 1 is 1.07 bits per heavy atom. The summed E-state index contributed by atoms with van der Waals surface area (Å²) in [5.74, 6) is -2.06. The molecule has 0 aliphatic heterocycles. The van der Waals surface area contributed by atoms with E-state index in [9.17, 15) is 22.8 Å². The number of anilines is 1. The number of hydrogen-bond donors (Lipinski definition) is 2. The van der Waals surface area contributed by atoms with Crippen molar-refractivity contribution in [2.45, 2.75) is 37.5 Å². The third-order valence-corrected chi connectivity index (χ3v) is 5.52. The molecule has 3 rings (SSSR count). The van der Waals surface area contributed by atoms with E-state index in [-0.39, 0.29) is 11.1 Å². The number of carbonyl (C=O) groups excluding carboxylic acids is 2. The topological polar surface area (TPSA) is 67.4 Å². The first-order valence-corrected chi connectivity index (χ1v) is 9.69. The molecule has 1 saturated carbocycles. The van der Waals surface area contributed by atoms with Crippen LogP contribution in [0.15, 0.2) is 41.1 Å². The normalized spacial score (nSPS) is 15.8. The third-order valence-electron chi connectivity index (χ3n) is 4.83. The van der Waals surface area contributed by atoms with E-state index >= 15 is 0 Å². The van der Waals surface area contributed by atoms with Crippen LogP contribution in [0.2, 0.25) is 0 Å². The van der Waals surface area contributed by atoms with E-state index in [1.54, 1.807) is 11.3 Å². The van der Waals surface area contributed by atoms with Gasteiger partial charge in [-0.05, 0) is 59.5 Å². The van der Waals surface area contributed by atoms with Crippen molar-refractivity contribution in [3.8, 4) is 5.75 Å². The van der Waals surface area contributed by atoms with Crippen molar-refractivity contribution in [1.29, 1.82) is 0 Å². The Morgan fingerprint density at radius 3 is 2.32 bits per heavy atom. The minimum Gasteiger partial charge on any atom is -0.406 e. The molecule has 0 spiro atoms. The van der Waals surface area contributed by atoms with Gasteiger partial charge in [0.1, 0.15) is 5.75 Å². The van der Waals surface area contributed by atoms with Gasteiger partial charge >= 0.3 is 18.2 Å². The van der Waals surface area contributed by atoms with Gasteiger partial charge in [0, 0.05) is 17.6 Å². The Kier molecular flexibility index (Phi) is 5.93. The molecule has 150 valence electrons. The van der Waals surface area contributed by atoms with Gasteiger partial charge in [-0.2, -0.15) is 11.3 Å². The largest absolute Gasteiger partial charge is 0.573 e. The van der Waals surface area contributed by atoms with E-state index in [1.807, 2.05) is 11.4 Å². The molecule has 1 aliphatic carbocycles. The van der Waals surface area contributed by atoms with Crippen LogP contribution in [0.3, 0.4) is 0 Å². The highest BCUT2D eigenvalue weighted by molar-refractivity contribution is 7.08. The molecule has 0 radical (unpaired) electrons. The van der Waals surface area contributed by atoms with E-state index in [0.717, 1.165) is 37.8 Å². The number of alkyl halides is 3. The van der Waals surface area contributed by atoms with Gasteiger partial charge in [-0.25, -0.2) is 0 Å². The molecule has 28 heavy (non-hydrogen) atoms. The quantitative estimate of drug-likeness (QED) is 0.723. The molecule has 1 aliphatic rings. The van der Waals surface area contributed by atoms with E-state index in [2.05, 4.69) is 20.8 Å². The smallest absolute Gasteiger partial charge is 0.406 e. The summed E-state index contributed by atoms with van der Waals surface area (Å²) in [5, 5.41) is 9.13. The summed E-state index contributed by atoms with van der Waals surface area (Å²) in [7, 11) is 0. The van der Waals surface area contributed by atoms with Crippen molar-refractivity contribution in [3.05, 3.63) is 46.7 Å². The van der Waals surface area contributed by atoms with Gasteiger partial charge in [0.05, 0.1) is 0 Å². The zero-order valence-corrected chi connectivity index (χ0v) is 15.7. The van der Waals surface area contributed by atoms with E-state index < -0.39 is 23.9 Å². The molecule has 5 nitrogen and oxygen atoms in total. The van der Waals surface area contributed by atoms with Gasteiger partial charge in [-0.1, -0.05) is 12.8 Å². The minimum atomic E-state index is -4.79. The average molecular weight is 412 g/mol. The Bertz CT molecular complexity index is 814. The van der Waals surface area contributed by atoms with Crippen molar-refractivity contribution in [2.75, 3.05) is 11.9 Å². The molecule has 2 aromatic rings. The highest BCUT2D eigenvalue weighted by Crippen LogP contribution is 2.41. The summed E-state index contributed by atoms with van der Waals surface area (Å²) in [6.07, 6.45) is -0.740. The average Bonchev–Trinajstić information content (AvgIpc) is 3.32. The van der Waals surface area contributed by atoms with Crippen molar-refractivity contribution >= 4 is 28.8 Å².